The van der Waals surface area contributed by atoms with Crippen molar-refractivity contribution in [1.82, 2.24) is 5.43 Å². The minimum absolute atomic E-state index is 0.196. The van der Waals surface area contributed by atoms with Gasteiger partial charge >= 0.3 is 5.97 Å². The summed E-state index contributed by atoms with van der Waals surface area (Å²) in [6.45, 7) is 0. The van der Waals surface area contributed by atoms with Crippen molar-refractivity contribution in [1.29, 1.82) is 0 Å². The number of hydrogen-bond acceptors (Lipinski definition) is 5. The van der Waals surface area contributed by atoms with E-state index >= 15 is 0 Å². The Morgan fingerprint density at radius 3 is 2.22 bits per heavy atom. The number of esters is 1. The summed E-state index contributed by atoms with van der Waals surface area (Å²) in [4.78, 5) is 24.8. The maximum Gasteiger partial charge on any atom is 0.330 e. The second kappa shape index (κ2) is 6.44. The number of hydrogen-bond donors (Lipinski definition) is 1. The molecule has 1 aliphatic heterocycles. The van der Waals surface area contributed by atoms with E-state index in [0.29, 0.717) is 11.3 Å². The Bertz CT molecular complexity index is 741. The standard InChI is InChI=1S/C18H16N2O3/c1-23-18(22)16-14(12-8-4-2-5-9-12)15(19-20-16)17(21)13-10-6-3-7-11-13/h2-11,14,16,20H,1H3/t14-,16-/m0/s1. The average molecular weight is 308 g/mol. The van der Waals surface area contributed by atoms with Crippen molar-refractivity contribution in [2.24, 2.45) is 5.10 Å². The van der Waals surface area contributed by atoms with Gasteiger partial charge in [0.1, 0.15) is 5.71 Å². The van der Waals surface area contributed by atoms with E-state index in [1.165, 1.54) is 7.11 Å². The molecule has 0 amide bonds. The van der Waals surface area contributed by atoms with Crippen molar-refractivity contribution in [2.75, 3.05) is 7.11 Å². The number of benzene rings is 2. The predicted octanol–water partition coefficient (Wildman–Crippen LogP) is 2.15. The molecule has 3 rings (SSSR count). The molecule has 0 saturated heterocycles. The number of nitrogens with one attached hydrogen (secondary N) is 1. The van der Waals surface area contributed by atoms with Crippen LogP contribution in [0.1, 0.15) is 21.8 Å². The lowest BCUT2D eigenvalue weighted by atomic mass is 9.85. The Labute approximate surface area is 134 Å². The molecule has 0 fully saturated rings. The Morgan fingerprint density at radius 1 is 1.00 bits per heavy atom. The van der Waals surface area contributed by atoms with Gasteiger partial charge in [-0.2, -0.15) is 5.10 Å². The fraction of sp³-hybridized carbons (Fsp3) is 0.167. The highest BCUT2D eigenvalue weighted by molar-refractivity contribution is 6.48. The molecule has 23 heavy (non-hydrogen) atoms. The highest BCUT2D eigenvalue weighted by Gasteiger charge is 2.41. The number of methoxy groups -OCH3 is 1. The first-order chi connectivity index (χ1) is 11.2. The SMILES string of the molecule is COC(=O)[C@H]1NN=C(C(=O)c2ccccc2)[C@@H]1c1ccccc1. The predicted molar refractivity (Wildman–Crippen MR) is 86.3 cm³/mol. The lowest BCUT2D eigenvalue weighted by molar-refractivity contribution is -0.143. The molecule has 5 nitrogen and oxygen atoms in total. The van der Waals surface area contributed by atoms with Crippen LogP contribution in [0.3, 0.4) is 0 Å². The third-order valence-corrected chi connectivity index (χ3v) is 3.83. The van der Waals surface area contributed by atoms with Crippen molar-refractivity contribution < 1.29 is 14.3 Å². The van der Waals surface area contributed by atoms with Crippen LogP contribution in [-0.2, 0) is 9.53 Å². The van der Waals surface area contributed by atoms with Crippen LogP contribution < -0.4 is 5.43 Å². The van der Waals surface area contributed by atoms with Crippen LogP contribution in [0.5, 0.6) is 0 Å². The van der Waals surface area contributed by atoms with Crippen molar-refractivity contribution in [2.45, 2.75) is 12.0 Å². The van der Waals surface area contributed by atoms with Crippen LogP contribution >= 0.6 is 0 Å². The number of carbonyl (C=O) groups excluding carboxylic acids is 2. The molecule has 2 atom stereocenters. The van der Waals surface area contributed by atoms with Crippen molar-refractivity contribution >= 4 is 17.5 Å². The van der Waals surface area contributed by atoms with Crippen LogP contribution in [0, 0.1) is 0 Å². The van der Waals surface area contributed by atoms with Gasteiger partial charge in [0.2, 0.25) is 5.78 Å². The first-order valence-corrected chi connectivity index (χ1v) is 7.28. The average Bonchev–Trinajstić information content (AvgIpc) is 3.07. The van der Waals surface area contributed by atoms with Crippen LogP contribution in [0.2, 0.25) is 0 Å². The van der Waals surface area contributed by atoms with E-state index < -0.39 is 17.9 Å². The van der Waals surface area contributed by atoms with Gasteiger partial charge in [-0.3, -0.25) is 10.2 Å². The maximum atomic E-state index is 12.8. The van der Waals surface area contributed by atoms with E-state index in [1.54, 1.807) is 24.3 Å². The Hall–Kier alpha value is -2.95. The first kappa shape index (κ1) is 15.0. The molecular formula is C18H16N2O3. The van der Waals surface area contributed by atoms with Gasteiger partial charge in [-0.25, -0.2) is 4.79 Å². The summed E-state index contributed by atoms with van der Waals surface area (Å²) in [5, 5.41) is 4.14. The zero-order chi connectivity index (χ0) is 16.2. The Balaban J connectivity index is 1.99. The fourth-order valence-electron chi connectivity index (χ4n) is 2.70. The molecule has 0 unspecified atom stereocenters. The molecule has 1 heterocycles. The number of nitrogens with zero attached hydrogens (tertiary/aromatic N) is 1. The monoisotopic (exact) mass is 308 g/mol. The number of hydrazone groups is 1. The van der Waals surface area contributed by atoms with Gasteiger partial charge in [0.15, 0.2) is 6.04 Å². The molecule has 116 valence electrons. The summed E-state index contributed by atoms with van der Waals surface area (Å²) < 4.78 is 4.83. The minimum Gasteiger partial charge on any atom is -0.467 e. The third kappa shape index (κ3) is 2.85. The zero-order valence-corrected chi connectivity index (χ0v) is 12.6. The van der Waals surface area contributed by atoms with Gasteiger partial charge in [0, 0.05) is 5.56 Å². The molecule has 0 bridgehead atoms. The summed E-state index contributed by atoms with van der Waals surface area (Å²) in [5.74, 6) is -1.12. The number of Topliss-reactive ketones (excluding diaryl/α,β-unsaturated/α-hetero) is 1. The van der Waals surface area contributed by atoms with Crippen LogP contribution in [-0.4, -0.2) is 30.6 Å². The van der Waals surface area contributed by atoms with E-state index in [9.17, 15) is 9.59 Å². The van der Waals surface area contributed by atoms with Gasteiger partial charge < -0.3 is 4.74 Å². The second-order valence-electron chi connectivity index (χ2n) is 5.21. The highest BCUT2D eigenvalue weighted by atomic mass is 16.5. The second-order valence-corrected chi connectivity index (χ2v) is 5.21. The minimum atomic E-state index is -0.704. The van der Waals surface area contributed by atoms with Gasteiger partial charge in [-0.1, -0.05) is 60.7 Å². The first-order valence-electron chi connectivity index (χ1n) is 7.28. The third-order valence-electron chi connectivity index (χ3n) is 3.83. The molecule has 5 heteroatoms. The summed E-state index contributed by atoms with van der Waals surface area (Å²) in [6, 6.07) is 17.6. The van der Waals surface area contributed by atoms with E-state index in [0.717, 1.165) is 5.56 Å². The molecule has 1 aliphatic rings. The summed E-state index contributed by atoms with van der Waals surface area (Å²) in [6.07, 6.45) is 0. The topological polar surface area (TPSA) is 67.8 Å². The lowest BCUT2D eigenvalue weighted by Gasteiger charge is -2.18. The number of ether oxygens (including phenoxy) is 1. The van der Waals surface area contributed by atoms with Gasteiger partial charge in [0.05, 0.1) is 13.0 Å². The van der Waals surface area contributed by atoms with E-state index in [-0.39, 0.29) is 5.78 Å². The molecule has 1 N–H and O–H groups in total. The normalized spacial score (nSPS) is 19.6. The molecule has 2 aromatic carbocycles. The van der Waals surface area contributed by atoms with Crippen LogP contribution in [0.15, 0.2) is 65.8 Å². The Kier molecular flexibility index (Phi) is 4.19. The molecule has 2 aromatic rings. The molecule has 0 spiro atoms. The van der Waals surface area contributed by atoms with Crippen LogP contribution in [0.4, 0.5) is 0 Å². The maximum absolute atomic E-state index is 12.8. The molecular weight excluding hydrogens is 292 g/mol. The summed E-state index contributed by atoms with van der Waals surface area (Å²) >= 11 is 0. The van der Waals surface area contributed by atoms with Gasteiger partial charge in [-0.05, 0) is 5.56 Å². The summed E-state index contributed by atoms with van der Waals surface area (Å²) in [5.41, 5.74) is 4.45. The van der Waals surface area contributed by atoms with Gasteiger partial charge in [-0.15, -0.1) is 0 Å². The number of ketones is 1. The van der Waals surface area contributed by atoms with Crippen LogP contribution in [0.25, 0.3) is 0 Å². The van der Waals surface area contributed by atoms with Crippen molar-refractivity contribution in [3.8, 4) is 0 Å². The van der Waals surface area contributed by atoms with Crippen molar-refractivity contribution in [3.63, 3.8) is 0 Å². The quantitative estimate of drug-likeness (QED) is 0.694. The van der Waals surface area contributed by atoms with E-state index in [2.05, 4.69) is 10.5 Å². The highest BCUT2D eigenvalue weighted by Crippen LogP contribution is 2.28. The smallest absolute Gasteiger partial charge is 0.330 e. The van der Waals surface area contributed by atoms with Gasteiger partial charge in [0.25, 0.3) is 0 Å². The lowest BCUT2D eigenvalue weighted by Crippen LogP contribution is -2.38. The summed E-state index contributed by atoms with van der Waals surface area (Å²) in [7, 11) is 1.32. The van der Waals surface area contributed by atoms with Crippen molar-refractivity contribution in [3.05, 3.63) is 71.8 Å². The molecule has 0 aromatic heterocycles. The largest absolute Gasteiger partial charge is 0.467 e. The fourth-order valence-corrected chi connectivity index (χ4v) is 2.70. The Morgan fingerprint density at radius 2 is 1.61 bits per heavy atom. The number of rotatable bonds is 4. The van der Waals surface area contributed by atoms with E-state index in [1.807, 2.05) is 36.4 Å². The molecule has 0 saturated carbocycles. The zero-order valence-electron chi connectivity index (χ0n) is 12.6. The molecule has 0 radical (unpaired) electrons. The number of carbonyl (C=O) groups is 2. The van der Waals surface area contributed by atoms with E-state index in [4.69, 9.17) is 4.74 Å². The molecule has 0 aliphatic carbocycles.